The number of carbonyl (C=O) groups is 2. The molecule has 136 valence electrons. The van der Waals surface area contributed by atoms with Crippen molar-refractivity contribution in [3.63, 3.8) is 0 Å². The maximum atomic E-state index is 12.5. The number of aryl methyl sites for hydroxylation is 1. The molecule has 1 aliphatic heterocycles. The van der Waals surface area contributed by atoms with Crippen LogP contribution in [0.25, 0.3) is 0 Å². The Morgan fingerprint density at radius 2 is 1.88 bits per heavy atom. The second-order valence-corrected chi connectivity index (χ2v) is 7.08. The molecule has 0 bridgehead atoms. The van der Waals surface area contributed by atoms with E-state index in [2.05, 4.69) is 24.4 Å². The Balaban J connectivity index is 1.62. The second kappa shape index (κ2) is 7.92. The summed E-state index contributed by atoms with van der Waals surface area (Å²) in [7, 11) is 0. The number of nitrogens with one attached hydrogen (secondary N) is 1. The van der Waals surface area contributed by atoms with E-state index in [9.17, 15) is 9.59 Å². The van der Waals surface area contributed by atoms with Gasteiger partial charge in [-0.15, -0.1) is 0 Å². The lowest BCUT2D eigenvalue weighted by atomic mass is 10.1. The number of anilines is 1. The Morgan fingerprint density at radius 3 is 2.58 bits per heavy atom. The van der Waals surface area contributed by atoms with E-state index >= 15 is 0 Å². The lowest BCUT2D eigenvalue weighted by molar-refractivity contribution is -0.126. The Hall–Kier alpha value is -2.33. The number of halogens is 1. The number of rotatable bonds is 5. The van der Waals surface area contributed by atoms with Crippen LogP contribution in [0.2, 0.25) is 5.02 Å². The van der Waals surface area contributed by atoms with Gasteiger partial charge in [0.1, 0.15) is 0 Å². The minimum Gasteiger partial charge on any atom is -0.352 e. The Kier molecular flexibility index (Phi) is 5.62. The van der Waals surface area contributed by atoms with E-state index in [1.54, 1.807) is 11.0 Å². The van der Waals surface area contributed by atoms with Gasteiger partial charge in [-0.1, -0.05) is 48.9 Å². The zero-order chi connectivity index (χ0) is 18.7. The highest BCUT2D eigenvalue weighted by molar-refractivity contribution is 6.31. The van der Waals surface area contributed by atoms with Crippen molar-refractivity contribution in [2.45, 2.75) is 33.2 Å². The summed E-state index contributed by atoms with van der Waals surface area (Å²) < 4.78 is 0. The van der Waals surface area contributed by atoms with Gasteiger partial charge in [0.2, 0.25) is 11.8 Å². The molecule has 26 heavy (non-hydrogen) atoms. The molecular formula is C21H23ClN2O2. The maximum absolute atomic E-state index is 12.5. The summed E-state index contributed by atoms with van der Waals surface area (Å²) in [5.41, 5.74) is 3.98. The Morgan fingerprint density at radius 1 is 1.19 bits per heavy atom. The highest BCUT2D eigenvalue weighted by Crippen LogP contribution is 2.31. The number of hydrogen-bond acceptors (Lipinski definition) is 2. The smallest absolute Gasteiger partial charge is 0.227 e. The van der Waals surface area contributed by atoms with Crippen LogP contribution in [-0.2, 0) is 22.6 Å². The average molecular weight is 371 g/mol. The third-order valence-corrected chi connectivity index (χ3v) is 5.33. The standard InChI is InChI=1S/C21H23ClN2O2/c1-3-15-7-9-16(10-8-15)12-23-21(26)17-11-20(25)24(13-17)19-6-4-5-18(22)14(19)2/h4-10,17H,3,11-13H2,1-2H3,(H,23,26)/t17-/m0/s1. The first-order chi connectivity index (χ1) is 12.5. The van der Waals surface area contributed by atoms with Crippen molar-refractivity contribution in [2.75, 3.05) is 11.4 Å². The van der Waals surface area contributed by atoms with Crippen molar-refractivity contribution in [1.29, 1.82) is 0 Å². The topological polar surface area (TPSA) is 49.4 Å². The van der Waals surface area contributed by atoms with Crippen molar-refractivity contribution >= 4 is 29.1 Å². The predicted molar refractivity (Wildman–Crippen MR) is 104 cm³/mol. The molecule has 1 saturated heterocycles. The molecule has 0 unspecified atom stereocenters. The van der Waals surface area contributed by atoms with Gasteiger partial charge in [-0.25, -0.2) is 0 Å². The van der Waals surface area contributed by atoms with Crippen LogP contribution < -0.4 is 10.2 Å². The lowest BCUT2D eigenvalue weighted by Gasteiger charge is -2.19. The van der Waals surface area contributed by atoms with Crippen LogP contribution in [0.4, 0.5) is 5.69 Å². The highest BCUT2D eigenvalue weighted by atomic mass is 35.5. The average Bonchev–Trinajstić information content (AvgIpc) is 3.04. The van der Waals surface area contributed by atoms with Gasteiger partial charge in [-0.3, -0.25) is 9.59 Å². The molecule has 0 aromatic heterocycles. The van der Waals surface area contributed by atoms with Gasteiger partial charge in [-0.2, -0.15) is 0 Å². The van der Waals surface area contributed by atoms with E-state index in [-0.39, 0.29) is 24.2 Å². The first kappa shape index (κ1) is 18.5. The molecule has 0 radical (unpaired) electrons. The van der Waals surface area contributed by atoms with E-state index in [4.69, 9.17) is 11.6 Å². The molecule has 1 atom stereocenters. The Bertz CT molecular complexity index is 817. The zero-order valence-corrected chi connectivity index (χ0v) is 15.8. The van der Waals surface area contributed by atoms with Gasteiger partial charge in [0, 0.05) is 30.2 Å². The van der Waals surface area contributed by atoms with Crippen molar-refractivity contribution in [2.24, 2.45) is 5.92 Å². The maximum Gasteiger partial charge on any atom is 0.227 e. The lowest BCUT2D eigenvalue weighted by Crippen LogP contribution is -2.32. The largest absolute Gasteiger partial charge is 0.352 e. The van der Waals surface area contributed by atoms with Crippen molar-refractivity contribution in [1.82, 2.24) is 5.32 Å². The highest BCUT2D eigenvalue weighted by Gasteiger charge is 2.35. The second-order valence-electron chi connectivity index (χ2n) is 6.68. The SMILES string of the molecule is CCc1ccc(CNC(=O)[C@H]2CC(=O)N(c3cccc(Cl)c3C)C2)cc1. The van der Waals surface area contributed by atoms with E-state index in [1.807, 2.05) is 31.2 Å². The number of benzene rings is 2. The third kappa shape index (κ3) is 3.91. The van der Waals surface area contributed by atoms with Gasteiger partial charge in [0.25, 0.3) is 0 Å². The monoisotopic (exact) mass is 370 g/mol. The van der Waals surface area contributed by atoms with Gasteiger partial charge >= 0.3 is 0 Å². The van der Waals surface area contributed by atoms with Gasteiger partial charge in [0.15, 0.2) is 0 Å². The third-order valence-electron chi connectivity index (χ3n) is 4.92. The molecule has 1 N–H and O–H groups in total. The van der Waals surface area contributed by atoms with Gasteiger partial charge < -0.3 is 10.2 Å². The summed E-state index contributed by atoms with van der Waals surface area (Å²) in [6.07, 6.45) is 1.22. The number of amides is 2. The zero-order valence-electron chi connectivity index (χ0n) is 15.1. The van der Waals surface area contributed by atoms with Gasteiger partial charge in [-0.05, 0) is 42.2 Å². The van der Waals surface area contributed by atoms with E-state index in [1.165, 1.54) is 5.56 Å². The van der Waals surface area contributed by atoms with Crippen molar-refractivity contribution < 1.29 is 9.59 Å². The van der Waals surface area contributed by atoms with Crippen LogP contribution in [0.1, 0.15) is 30.0 Å². The van der Waals surface area contributed by atoms with Crippen molar-refractivity contribution in [3.05, 3.63) is 64.2 Å². The van der Waals surface area contributed by atoms with Crippen LogP contribution in [0.15, 0.2) is 42.5 Å². The first-order valence-electron chi connectivity index (χ1n) is 8.90. The fourth-order valence-corrected chi connectivity index (χ4v) is 3.40. The summed E-state index contributed by atoms with van der Waals surface area (Å²) >= 11 is 6.16. The minimum atomic E-state index is -0.337. The minimum absolute atomic E-state index is 0.0391. The first-order valence-corrected chi connectivity index (χ1v) is 9.28. The molecule has 1 fully saturated rings. The van der Waals surface area contributed by atoms with Crippen LogP contribution in [0.3, 0.4) is 0 Å². The fourth-order valence-electron chi connectivity index (χ4n) is 3.23. The van der Waals surface area contributed by atoms with E-state index in [0.717, 1.165) is 23.2 Å². The molecule has 1 aliphatic rings. The number of nitrogens with zero attached hydrogens (tertiary/aromatic N) is 1. The summed E-state index contributed by atoms with van der Waals surface area (Å²) in [5.74, 6) is -0.460. The molecule has 5 heteroatoms. The van der Waals surface area contributed by atoms with Crippen molar-refractivity contribution in [3.8, 4) is 0 Å². The summed E-state index contributed by atoms with van der Waals surface area (Å²) in [4.78, 5) is 26.6. The molecule has 1 heterocycles. The summed E-state index contributed by atoms with van der Waals surface area (Å²) in [6.45, 7) is 4.86. The van der Waals surface area contributed by atoms with E-state index < -0.39 is 0 Å². The quantitative estimate of drug-likeness (QED) is 0.868. The molecule has 0 saturated carbocycles. The van der Waals surface area contributed by atoms with Gasteiger partial charge in [0.05, 0.1) is 5.92 Å². The Labute approximate surface area is 159 Å². The number of hydrogen-bond donors (Lipinski definition) is 1. The predicted octanol–water partition coefficient (Wildman–Crippen LogP) is 3.88. The normalized spacial score (nSPS) is 16.8. The summed E-state index contributed by atoms with van der Waals surface area (Å²) in [6, 6.07) is 13.7. The molecule has 0 aliphatic carbocycles. The number of carbonyl (C=O) groups excluding carboxylic acids is 2. The van der Waals surface area contributed by atoms with Crippen LogP contribution in [0, 0.1) is 12.8 Å². The van der Waals surface area contributed by atoms with Crippen LogP contribution in [0.5, 0.6) is 0 Å². The fraction of sp³-hybridized carbons (Fsp3) is 0.333. The molecule has 2 amide bonds. The molecule has 4 nitrogen and oxygen atoms in total. The van der Waals surface area contributed by atoms with Crippen LogP contribution in [-0.4, -0.2) is 18.4 Å². The van der Waals surface area contributed by atoms with E-state index in [0.29, 0.717) is 18.1 Å². The summed E-state index contributed by atoms with van der Waals surface area (Å²) in [5, 5.41) is 3.58. The van der Waals surface area contributed by atoms with Crippen LogP contribution >= 0.6 is 11.6 Å². The molecule has 2 aromatic carbocycles. The molecule has 2 aromatic rings. The molecular weight excluding hydrogens is 348 g/mol. The molecule has 0 spiro atoms. The molecule has 3 rings (SSSR count).